The van der Waals surface area contributed by atoms with E-state index in [1.807, 2.05) is 0 Å². The Morgan fingerprint density at radius 3 is 2.30 bits per heavy atom. The predicted octanol–water partition coefficient (Wildman–Crippen LogP) is 7.07. The highest BCUT2D eigenvalue weighted by molar-refractivity contribution is 5.78. The number of rotatable bonds is 3. The Morgan fingerprint density at radius 2 is 1.62 bits per heavy atom. The molecule has 9 atom stereocenters. The van der Waals surface area contributed by atoms with Crippen molar-refractivity contribution in [1.29, 1.82) is 0 Å². The molecule has 210 valence electrons. The van der Waals surface area contributed by atoms with Crippen molar-refractivity contribution in [2.75, 3.05) is 6.61 Å². The molecule has 0 aromatic rings. The van der Waals surface area contributed by atoms with Gasteiger partial charge in [-0.1, -0.05) is 67.0 Å². The molecule has 0 aromatic heterocycles. The minimum atomic E-state index is -0.664. The highest BCUT2D eigenvalue weighted by Crippen LogP contribution is 2.75. The van der Waals surface area contributed by atoms with Crippen LogP contribution < -0.4 is 0 Å². The quantitative estimate of drug-likeness (QED) is 0.312. The molecular formula is C33H54O4. The van der Waals surface area contributed by atoms with Gasteiger partial charge in [0.05, 0.1) is 24.2 Å². The van der Waals surface area contributed by atoms with E-state index in [1.165, 1.54) is 0 Å². The molecule has 0 unspecified atom stereocenters. The van der Waals surface area contributed by atoms with Crippen LogP contribution in [0.1, 0.15) is 120 Å². The summed E-state index contributed by atoms with van der Waals surface area (Å²) in [5, 5.41) is 22.0. The van der Waals surface area contributed by atoms with Crippen LogP contribution in [0.25, 0.3) is 0 Å². The summed E-state index contributed by atoms with van der Waals surface area (Å²) in [4.78, 5) is 13.7. The van der Waals surface area contributed by atoms with Crippen molar-refractivity contribution < 1.29 is 19.7 Å². The zero-order valence-electron chi connectivity index (χ0n) is 25.0. The smallest absolute Gasteiger partial charge is 0.312 e. The Bertz CT molecular complexity index is 965. The molecule has 0 aliphatic heterocycles. The van der Waals surface area contributed by atoms with Crippen LogP contribution in [-0.2, 0) is 9.53 Å². The summed E-state index contributed by atoms with van der Waals surface area (Å²) in [6, 6.07) is 0. The topological polar surface area (TPSA) is 66.8 Å². The van der Waals surface area contributed by atoms with Crippen LogP contribution >= 0.6 is 0 Å². The van der Waals surface area contributed by atoms with E-state index in [0.717, 1.165) is 57.8 Å². The average molecular weight is 515 g/mol. The number of hydrogen-bond donors (Lipinski definition) is 2. The van der Waals surface area contributed by atoms with Gasteiger partial charge in [0.1, 0.15) is 0 Å². The summed E-state index contributed by atoms with van der Waals surface area (Å²) >= 11 is 0. The molecular weight excluding hydrogens is 460 g/mol. The molecule has 0 heterocycles. The first-order valence-corrected chi connectivity index (χ1v) is 15.3. The summed E-state index contributed by atoms with van der Waals surface area (Å²) in [6.07, 6.45) is 11.1. The van der Waals surface area contributed by atoms with Crippen LogP contribution in [0.15, 0.2) is 11.6 Å². The molecule has 4 saturated carbocycles. The third-order valence-corrected chi connectivity index (χ3v) is 13.4. The molecule has 0 saturated heterocycles. The molecule has 4 heteroatoms. The number of esters is 1. The van der Waals surface area contributed by atoms with Crippen LogP contribution in [0.2, 0.25) is 0 Å². The normalized spacial score (nSPS) is 50.0. The van der Waals surface area contributed by atoms with Crippen LogP contribution in [0, 0.1) is 50.2 Å². The maximum atomic E-state index is 13.7. The lowest BCUT2D eigenvalue weighted by atomic mass is 9.33. The summed E-state index contributed by atoms with van der Waals surface area (Å²) in [5.41, 5.74) is 1.26. The second-order valence-electron chi connectivity index (χ2n) is 16.0. The summed E-state index contributed by atoms with van der Waals surface area (Å²) < 4.78 is 5.92. The Balaban J connectivity index is 1.58. The number of carbonyl (C=O) groups excluding carboxylic acids is 1. The third kappa shape index (κ3) is 3.63. The Labute approximate surface area is 226 Å². The first kappa shape index (κ1) is 27.7. The van der Waals surface area contributed by atoms with Gasteiger partial charge in [0.25, 0.3) is 0 Å². The van der Waals surface area contributed by atoms with E-state index in [2.05, 4.69) is 61.5 Å². The van der Waals surface area contributed by atoms with E-state index in [1.54, 1.807) is 5.57 Å². The van der Waals surface area contributed by atoms with Gasteiger partial charge >= 0.3 is 5.97 Å². The largest absolute Gasteiger partial charge is 0.465 e. The fraction of sp³-hybridized carbons (Fsp3) is 0.909. The van der Waals surface area contributed by atoms with Gasteiger partial charge in [-0.05, 0) is 109 Å². The predicted molar refractivity (Wildman–Crippen MR) is 148 cm³/mol. The molecule has 4 nitrogen and oxygen atoms in total. The number of aliphatic hydroxyl groups is 2. The van der Waals surface area contributed by atoms with Gasteiger partial charge in [0.15, 0.2) is 0 Å². The molecule has 5 aliphatic carbocycles. The lowest BCUT2D eigenvalue weighted by molar-refractivity contribution is -0.232. The summed E-state index contributed by atoms with van der Waals surface area (Å²) in [7, 11) is 0. The SMILES string of the molecule is CCCOC(=O)[C@@]12CCC(C)(C)C[C@H]1C1=CC[C@@H]3[C@@]4(C)C[C@H](O)[C@H](O)C(C)(C)[C@@H]4CC[C@@]3(C)[C@@]1(C)CC2. The third-order valence-electron chi connectivity index (χ3n) is 13.4. The summed E-state index contributed by atoms with van der Waals surface area (Å²) in [6.45, 7) is 19.2. The number of hydrogen-bond acceptors (Lipinski definition) is 4. The second-order valence-corrected chi connectivity index (χ2v) is 16.0. The first-order valence-electron chi connectivity index (χ1n) is 15.3. The van der Waals surface area contributed by atoms with E-state index in [9.17, 15) is 15.0 Å². The maximum absolute atomic E-state index is 13.7. The van der Waals surface area contributed by atoms with Crippen molar-refractivity contribution >= 4 is 5.97 Å². The van der Waals surface area contributed by atoms with Crippen molar-refractivity contribution in [1.82, 2.24) is 0 Å². The molecule has 0 aromatic carbocycles. The molecule has 5 rings (SSSR count). The van der Waals surface area contributed by atoms with Crippen LogP contribution in [-0.4, -0.2) is 35.0 Å². The van der Waals surface area contributed by atoms with Crippen LogP contribution in [0.4, 0.5) is 0 Å². The lowest BCUT2D eigenvalue weighted by Gasteiger charge is -2.71. The van der Waals surface area contributed by atoms with Gasteiger partial charge in [-0.25, -0.2) is 0 Å². The zero-order valence-corrected chi connectivity index (χ0v) is 25.0. The fourth-order valence-electron chi connectivity index (χ4n) is 11.1. The number of fused-ring (bicyclic) bond motifs is 7. The number of allylic oxidation sites excluding steroid dienone is 2. The zero-order chi connectivity index (χ0) is 27.2. The first-order chi connectivity index (χ1) is 17.1. The molecule has 4 fully saturated rings. The fourth-order valence-corrected chi connectivity index (χ4v) is 11.1. The van der Waals surface area contributed by atoms with E-state index in [0.29, 0.717) is 24.9 Å². The van der Waals surface area contributed by atoms with Gasteiger partial charge in [-0.3, -0.25) is 4.79 Å². The van der Waals surface area contributed by atoms with Gasteiger partial charge in [0.2, 0.25) is 0 Å². The van der Waals surface area contributed by atoms with E-state index in [4.69, 9.17) is 4.74 Å². The monoisotopic (exact) mass is 514 g/mol. The van der Waals surface area contributed by atoms with Gasteiger partial charge < -0.3 is 14.9 Å². The van der Waals surface area contributed by atoms with Gasteiger partial charge in [0, 0.05) is 0 Å². The Hall–Kier alpha value is -0.870. The second kappa shape index (κ2) is 8.56. The minimum Gasteiger partial charge on any atom is -0.465 e. The molecule has 0 bridgehead atoms. The Kier molecular flexibility index (Phi) is 6.41. The molecule has 0 spiro atoms. The van der Waals surface area contributed by atoms with Crippen LogP contribution in [0.5, 0.6) is 0 Å². The highest BCUT2D eigenvalue weighted by Gasteiger charge is 2.70. The van der Waals surface area contributed by atoms with Crippen molar-refractivity contribution in [3.63, 3.8) is 0 Å². The van der Waals surface area contributed by atoms with Crippen molar-refractivity contribution in [3.8, 4) is 0 Å². The minimum absolute atomic E-state index is 0.0133. The van der Waals surface area contributed by atoms with Crippen molar-refractivity contribution in [2.45, 2.75) is 132 Å². The number of aliphatic hydroxyl groups excluding tert-OH is 2. The molecule has 5 aliphatic rings. The molecule has 0 amide bonds. The maximum Gasteiger partial charge on any atom is 0.312 e. The van der Waals surface area contributed by atoms with E-state index in [-0.39, 0.29) is 44.4 Å². The van der Waals surface area contributed by atoms with Crippen molar-refractivity contribution in [2.24, 2.45) is 50.2 Å². The standard InChI is InChI=1S/C33H54O4/c1-9-18-37-27(36)33-16-14-28(2,3)19-22(33)21-10-11-25-30(6)20-23(34)26(35)29(4,5)24(30)12-13-32(25,8)31(21,7)15-17-33/h10,22-26,34-35H,9,11-20H2,1-8H3/t22-,23-,24-,25+,26-,30-,31-,32+,33+/m0/s1. The van der Waals surface area contributed by atoms with Gasteiger partial charge in [-0.15, -0.1) is 0 Å². The molecule has 37 heavy (non-hydrogen) atoms. The van der Waals surface area contributed by atoms with E-state index >= 15 is 0 Å². The average Bonchev–Trinajstić information content (AvgIpc) is 2.81. The number of carbonyl (C=O) groups is 1. The summed E-state index contributed by atoms with van der Waals surface area (Å²) in [5.74, 6) is 1.19. The van der Waals surface area contributed by atoms with Crippen LogP contribution in [0.3, 0.4) is 0 Å². The number of ether oxygens (including phenoxy) is 1. The highest BCUT2D eigenvalue weighted by atomic mass is 16.5. The Morgan fingerprint density at radius 1 is 0.946 bits per heavy atom. The van der Waals surface area contributed by atoms with E-state index < -0.39 is 12.2 Å². The molecule has 2 N–H and O–H groups in total. The van der Waals surface area contributed by atoms with Gasteiger partial charge in [-0.2, -0.15) is 0 Å². The lowest BCUT2D eigenvalue weighted by Crippen LogP contribution is -2.67. The molecule has 0 radical (unpaired) electrons. The van der Waals surface area contributed by atoms with Crippen molar-refractivity contribution in [3.05, 3.63) is 11.6 Å².